The van der Waals surface area contributed by atoms with E-state index in [4.69, 9.17) is 4.74 Å². The Balaban J connectivity index is 1.59. The number of ether oxygens (including phenoxy) is 1. The number of benzene rings is 1. The molecule has 2 saturated heterocycles. The van der Waals surface area contributed by atoms with E-state index in [2.05, 4.69) is 62.4 Å². The Labute approximate surface area is 164 Å². The summed E-state index contributed by atoms with van der Waals surface area (Å²) < 4.78 is 5.48. The molecule has 0 radical (unpaired) electrons. The lowest BCUT2D eigenvalue weighted by molar-refractivity contribution is -0.0630. The predicted octanol–water partition coefficient (Wildman–Crippen LogP) is 3.45. The van der Waals surface area contributed by atoms with Gasteiger partial charge in [0.05, 0.1) is 11.6 Å². The van der Waals surface area contributed by atoms with Crippen molar-refractivity contribution < 1.29 is 9.53 Å². The van der Waals surface area contributed by atoms with Gasteiger partial charge < -0.3 is 19.9 Å². The predicted molar refractivity (Wildman–Crippen MR) is 109 cm³/mol. The molecule has 0 bridgehead atoms. The van der Waals surface area contributed by atoms with Crippen molar-refractivity contribution in [3.05, 3.63) is 35.4 Å². The molecule has 2 aliphatic heterocycles. The standard InChI is InChI=1S/C22H35N3O2/c1-17(2)15-18-5-7-19(8-6-18)20(24(3)4)16-23-21(26)25-12-9-22(25)10-13-27-14-11-22/h5-8,17,20H,9-16H2,1-4H3,(H,23,26). The van der Waals surface area contributed by atoms with Gasteiger partial charge in [-0.2, -0.15) is 0 Å². The van der Waals surface area contributed by atoms with Crippen LogP contribution in [0.3, 0.4) is 0 Å². The molecule has 1 atom stereocenters. The van der Waals surface area contributed by atoms with Crippen LogP contribution in [0.4, 0.5) is 4.79 Å². The van der Waals surface area contributed by atoms with E-state index >= 15 is 0 Å². The Kier molecular flexibility index (Phi) is 6.43. The topological polar surface area (TPSA) is 44.8 Å². The van der Waals surface area contributed by atoms with Crippen LogP contribution in [0.2, 0.25) is 0 Å². The van der Waals surface area contributed by atoms with Gasteiger partial charge in [-0.1, -0.05) is 38.1 Å². The summed E-state index contributed by atoms with van der Waals surface area (Å²) >= 11 is 0. The summed E-state index contributed by atoms with van der Waals surface area (Å²) in [4.78, 5) is 17.0. The number of likely N-dealkylation sites (tertiary alicyclic amines) is 1. The summed E-state index contributed by atoms with van der Waals surface area (Å²) in [6.45, 7) is 7.51. The van der Waals surface area contributed by atoms with Crippen molar-refractivity contribution in [2.24, 2.45) is 5.92 Å². The molecule has 0 saturated carbocycles. The maximum absolute atomic E-state index is 12.8. The highest BCUT2D eigenvalue weighted by atomic mass is 16.5. The van der Waals surface area contributed by atoms with Gasteiger partial charge >= 0.3 is 6.03 Å². The molecule has 5 heteroatoms. The zero-order chi connectivity index (χ0) is 19.4. The van der Waals surface area contributed by atoms with Crippen LogP contribution in [0, 0.1) is 5.92 Å². The van der Waals surface area contributed by atoms with Gasteiger partial charge in [-0.15, -0.1) is 0 Å². The van der Waals surface area contributed by atoms with Gasteiger partial charge in [0.1, 0.15) is 0 Å². The number of nitrogens with one attached hydrogen (secondary N) is 1. The highest BCUT2D eigenvalue weighted by molar-refractivity contribution is 5.76. The van der Waals surface area contributed by atoms with Crippen molar-refractivity contribution in [1.82, 2.24) is 15.1 Å². The number of rotatable bonds is 6. The van der Waals surface area contributed by atoms with Gasteiger partial charge in [0, 0.05) is 26.3 Å². The summed E-state index contributed by atoms with van der Waals surface area (Å²) in [5, 5.41) is 3.19. The van der Waals surface area contributed by atoms with Crippen LogP contribution in [-0.4, -0.2) is 61.8 Å². The number of urea groups is 1. The average molecular weight is 374 g/mol. The quantitative estimate of drug-likeness (QED) is 0.831. The van der Waals surface area contributed by atoms with Crippen molar-refractivity contribution in [3.63, 3.8) is 0 Å². The molecule has 1 N–H and O–H groups in total. The minimum absolute atomic E-state index is 0.0500. The van der Waals surface area contributed by atoms with Gasteiger partial charge in [0.25, 0.3) is 0 Å². The summed E-state index contributed by atoms with van der Waals surface area (Å²) in [5.41, 5.74) is 2.67. The first-order valence-electron chi connectivity index (χ1n) is 10.3. The second-order valence-electron chi connectivity index (χ2n) is 8.74. The third-order valence-corrected chi connectivity index (χ3v) is 6.12. The van der Waals surface area contributed by atoms with E-state index in [1.54, 1.807) is 0 Å². The van der Waals surface area contributed by atoms with E-state index in [1.807, 2.05) is 4.90 Å². The van der Waals surface area contributed by atoms with Crippen molar-refractivity contribution >= 4 is 6.03 Å². The Morgan fingerprint density at radius 3 is 2.37 bits per heavy atom. The van der Waals surface area contributed by atoms with Crippen LogP contribution in [0.1, 0.15) is 50.3 Å². The van der Waals surface area contributed by atoms with Crippen LogP contribution < -0.4 is 5.32 Å². The molecule has 150 valence electrons. The van der Waals surface area contributed by atoms with Crippen LogP contribution >= 0.6 is 0 Å². The fourth-order valence-corrected chi connectivity index (χ4v) is 4.35. The molecule has 0 aliphatic carbocycles. The fraction of sp³-hybridized carbons (Fsp3) is 0.682. The maximum Gasteiger partial charge on any atom is 0.317 e. The number of amides is 2. The van der Waals surface area contributed by atoms with Crippen molar-refractivity contribution in [3.8, 4) is 0 Å². The zero-order valence-corrected chi connectivity index (χ0v) is 17.3. The summed E-state index contributed by atoms with van der Waals surface area (Å²) in [6, 6.07) is 9.11. The average Bonchev–Trinajstić information content (AvgIpc) is 2.62. The Morgan fingerprint density at radius 1 is 1.19 bits per heavy atom. The first-order chi connectivity index (χ1) is 12.9. The summed E-state index contributed by atoms with van der Waals surface area (Å²) in [5.74, 6) is 0.661. The molecule has 27 heavy (non-hydrogen) atoms. The number of likely N-dealkylation sites (N-methyl/N-ethyl adjacent to an activating group) is 1. The molecule has 2 aliphatic rings. The largest absolute Gasteiger partial charge is 0.381 e. The van der Waals surface area contributed by atoms with Crippen molar-refractivity contribution in [2.75, 3.05) is 40.4 Å². The number of carbonyl (C=O) groups is 1. The number of hydrogen-bond donors (Lipinski definition) is 1. The molecule has 3 rings (SSSR count). The first-order valence-corrected chi connectivity index (χ1v) is 10.3. The lowest BCUT2D eigenvalue weighted by atomic mass is 9.78. The van der Waals surface area contributed by atoms with E-state index in [9.17, 15) is 4.79 Å². The molecule has 0 aromatic heterocycles. The molecule has 2 heterocycles. The highest BCUT2D eigenvalue weighted by Crippen LogP contribution is 2.39. The van der Waals surface area contributed by atoms with Crippen LogP contribution in [0.5, 0.6) is 0 Å². The molecule has 2 fully saturated rings. The molecule has 1 spiro atoms. The zero-order valence-electron chi connectivity index (χ0n) is 17.3. The molecular formula is C22H35N3O2. The van der Waals surface area contributed by atoms with E-state index in [1.165, 1.54) is 11.1 Å². The highest BCUT2D eigenvalue weighted by Gasteiger charge is 2.48. The van der Waals surface area contributed by atoms with Gasteiger partial charge in [-0.25, -0.2) is 4.79 Å². The van der Waals surface area contributed by atoms with E-state index in [-0.39, 0.29) is 17.6 Å². The molecule has 1 unspecified atom stereocenters. The van der Waals surface area contributed by atoms with Crippen LogP contribution in [0.25, 0.3) is 0 Å². The van der Waals surface area contributed by atoms with Gasteiger partial charge in [-0.05, 0) is 56.8 Å². The third-order valence-electron chi connectivity index (χ3n) is 6.12. The summed E-state index contributed by atoms with van der Waals surface area (Å²) in [6.07, 6.45) is 4.15. The van der Waals surface area contributed by atoms with E-state index < -0.39 is 0 Å². The first kappa shape index (κ1) is 20.2. The molecule has 1 aromatic rings. The lowest BCUT2D eigenvalue weighted by Gasteiger charge is -2.54. The molecular weight excluding hydrogens is 338 g/mol. The SMILES string of the molecule is CC(C)Cc1ccc(C(CNC(=O)N2CCC23CCOCC3)N(C)C)cc1. The molecule has 1 aromatic carbocycles. The van der Waals surface area contributed by atoms with Crippen molar-refractivity contribution in [2.45, 2.75) is 51.1 Å². The van der Waals surface area contributed by atoms with Gasteiger partial charge in [0.2, 0.25) is 0 Å². The van der Waals surface area contributed by atoms with E-state index in [0.717, 1.165) is 45.4 Å². The fourth-order valence-electron chi connectivity index (χ4n) is 4.35. The number of carbonyl (C=O) groups excluding carboxylic acids is 1. The number of hydrogen-bond acceptors (Lipinski definition) is 3. The van der Waals surface area contributed by atoms with Gasteiger partial charge in [-0.3, -0.25) is 0 Å². The van der Waals surface area contributed by atoms with Crippen molar-refractivity contribution in [1.29, 1.82) is 0 Å². The maximum atomic E-state index is 12.8. The Bertz CT molecular complexity index is 621. The lowest BCUT2D eigenvalue weighted by Crippen LogP contribution is -2.66. The Hall–Kier alpha value is -1.59. The third kappa shape index (κ3) is 4.64. The summed E-state index contributed by atoms with van der Waals surface area (Å²) in [7, 11) is 4.14. The second-order valence-corrected chi connectivity index (χ2v) is 8.74. The Morgan fingerprint density at radius 2 is 1.85 bits per heavy atom. The minimum Gasteiger partial charge on any atom is -0.381 e. The smallest absolute Gasteiger partial charge is 0.317 e. The van der Waals surface area contributed by atoms with E-state index in [0.29, 0.717) is 12.5 Å². The van der Waals surface area contributed by atoms with Gasteiger partial charge in [0.15, 0.2) is 0 Å². The number of nitrogens with zero attached hydrogens (tertiary/aromatic N) is 2. The normalized spacial score (nSPS) is 20.0. The second kappa shape index (κ2) is 8.61. The molecule has 5 nitrogen and oxygen atoms in total. The van der Waals surface area contributed by atoms with Crippen LogP contribution in [-0.2, 0) is 11.2 Å². The monoisotopic (exact) mass is 373 g/mol. The minimum atomic E-state index is 0.0500. The van der Waals surface area contributed by atoms with Crippen LogP contribution in [0.15, 0.2) is 24.3 Å². The molecule has 2 amide bonds.